The Kier molecular flexibility index (Phi) is 4.56. The fourth-order valence-electron chi connectivity index (χ4n) is 2.29. The number of rotatable bonds is 6. The predicted molar refractivity (Wildman–Crippen MR) is 89.0 cm³/mol. The van der Waals surface area contributed by atoms with Crippen molar-refractivity contribution in [3.8, 4) is 17.2 Å². The average molecular weight is 324 g/mol. The quantitative estimate of drug-likeness (QED) is 0.502. The van der Waals surface area contributed by atoms with Gasteiger partial charge in [0.25, 0.3) is 5.69 Å². The first-order chi connectivity index (χ1) is 11.6. The molecule has 0 saturated heterocycles. The van der Waals surface area contributed by atoms with Crippen molar-refractivity contribution in [3.05, 3.63) is 76.2 Å². The van der Waals surface area contributed by atoms with E-state index in [0.717, 1.165) is 17.0 Å². The Labute approximate surface area is 138 Å². The molecule has 3 aromatic rings. The van der Waals surface area contributed by atoms with Gasteiger partial charge in [-0.3, -0.25) is 10.1 Å². The van der Waals surface area contributed by atoms with Gasteiger partial charge in [0.1, 0.15) is 11.5 Å². The number of hydrogen-bond donors (Lipinski definition) is 0. The molecule has 24 heavy (non-hydrogen) atoms. The predicted octanol–water partition coefficient (Wildman–Crippen LogP) is 4.18. The van der Waals surface area contributed by atoms with Crippen molar-refractivity contribution >= 4 is 5.69 Å². The third kappa shape index (κ3) is 3.60. The summed E-state index contributed by atoms with van der Waals surface area (Å²) in [7, 11) is 0. The summed E-state index contributed by atoms with van der Waals surface area (Å²) in [5, 5.41) is 10.6. The summed E-state index contributed by atoms with van der Waals surface area (Å²) in [5.41, 5.74) is 1.82. The van der Waals surface area contributed by atoms with Crippen LogP contribution >= 0.6 is 0 Å². The third-order valence-corrected chi connectivity index (χ3v) is 3.57. The highest BCUT2D eigenvalue weighted by molar-refractivity contribution is 5.53. The number of oxazole rings is 1. The molecular weight excluding hydrogens is 308 g/mol. The molecule has 0 amide bonds. The molecule has 0 spiro atoms. The van der Waals surface area contributed by atoms with E-state index in [4.69, 9.17) is 9.15 Å². The van der Waals surface area contributed by atoms with E-state index >= 15 is 0 Å². The number of benzene rings is 2. The van der Waals surface area contributed by atoms with Gasteiger partial charge in [-0.15, -0.1) is 0 Å². The fraction of sp³-hybridized carbons (Fsp3) is 0.167. The molecule has 0 unspecified atom stereocenters. The molecule has 122 valence electrons. The number of hydrogen-bond acceptors (Lipinski definition) is 5. The van der Waals surface area contributed by atoms with Gasteiger partial charge in [0.2, 0.25) is 5.89 Å². The number of aromatic nitrogens is 1. The minimum absolute atomic E-state index is 0.0437. The van der Waals surface area contributed by atoms with Crippen LogP contribution in [0.15, 0.2) is 59.0 Å². The van der Waals surface area contributed by atoms with Gasteiger partial charge in [-0.1, -0.05) is 18.2 Å². The largest absolute Gasteiger partial charge is 0.493 e. The van der Waals surface area contributed by atoms with Gasteiger partial charge in [0, 0.05) is 24.1 Å². The van der Waals surface area contributed by atoms with Gasteiger partial charge < -0.3 is 9.15 Å². The van der Waals surface area contributed by atoms with E-state index in [2.05, 4.69) is 4.98 Å². The van der Waals surface area contributed by atoms with Gasteiger partial charge in [0.05, 0.1) is 17.2 Å². The number of nitrogens with zero attached hydrogens (tertiary/aromatic N) is 2. The first-order valence-electron chi connectivity index (χ1n) is 7.52. The number of nitro benzene ring substituents is 1. The Morgan fingerprint density at radius 3 is 2.50 bits per heavy atom. The first kappa shape index (κ1) is 15.7. The molecule has 6 heteroatoms. The van der Waals surface area contributed by atoms with Crippen LogP contribution in [0.5, 0.6) is 5.75 Å². The minimum Gasteiger partial charge on any atom is -0.493 e. The van der Waals surface area contributed by atoms with E-state index in [9.17, 15) is 10.1 Å². The Hall–Kier alpha value is -3.15. The van der Waals surface area contributed by atoms with Crippen LogP contribution < -0.4 is 4.74 Å². The van der Waals surface area contributed by atoms with Crippen LogP contribution in [0.1, 0.15) is 11.5 Å². The van der Waals surface area contributed by atoms with E-state index < -0.39 is 4.92 Å². The fourth-order valence-corrected chi connectivity index (χ4v) is 2.29. The van der Waals surface area contributed by atoms with Crippen LogP contribution in [0.2, 0.25) is 0 Å². The number of non-ortho nitro benzene ring substituents is 1. The van der Waals surface area contributed by atoms with Crippen LogP contribution in [-0.4, -0.2) is 16.5 Å². The molecular formula is C18H16N2O4. The van der Waals surface area contributed by atoms with Gasteiger partial charge in [-0.05, 0) is 31.2 Å². The number of aryl methyl sites for hydroxylation is 1. The molecule has 0 bridgehead atoms. The van der Waals surface area contributed by atoms with E-state index in [1.807, 2.05) is 37.3 Å². The molecule has 0 atom stereocenters. The smallest absolute Gasteiger partial charge is 0.269 e. The van der Waals surface area contributed by atoms with Crippen molar-refractivity contribution in [2.24, 2.45) is 0 Å². The normalized spacial score (nSPS) is 10.5. The second-order valence-electron chi connectivity index (χ2n) is 5.24. The van der Waals surface area contributed by atoms with Crippen molar-refractivity contribution in [2.45, 2.75) is 13.3 Å². The zero-order valence-electron chi connectivity index (χ0n) is 13.1. The van der Waals surface area contributed by atoms with Crippen molar-refractivity contribution in [2.75, 3.05) is 6.61 Å². The molecule has 1 heterocycles. The minimum atomic E-state index is -0.437. The van der Waals surface area contributed by atoms with E-state index in [1.54, 1.807) is 12.1 Å². The molecule has 0 aliphatic rings. The topological polar surface area (TPSA) is 78.4 Å². The molecule has 0 aliphatic carbocycles. The molecule has 0 aliphatic heterocycles. The molecule has 0 N–H and O–H groups in total. The Bertz CT molecular complexity index is 826. The lowest BCUT2D eigenvalue weighted by Gasteiger charge is -2.04. The third-order valence-electron chi connectivity index (χ3n) is 3.57. The van der Waals surface area contributed by atoms with E-state index in [-0.39, 0.29) is 5.69 Å². The number of ether oxygens (including phenoxy) is 1. The molecule has 0 saturated carbocycles. The second kappa shape index (κ2) is 6.95. The maximum atomic E-state index is 10.6. The van der Waals surface area contributed by atoms with Gasteiger partial charge in [0.15, 0.2) is 0 Å². The molecule has 3 rings (SSSR count). The average Bonchev–Trinajstić information content (AvgIpc) is 2.97. The molecule has 0 fully saturated rings. The van der Waals surface area contributed by atoms with Crippen LogP contribution in [-0.2, 0) is 6.42 Å². The Morgan fingerprint density at radius 2 is 1.83 bits per heavy atom. The van der Waals surface area contributed by atoms with Gasteiger partial charge in [-0.2, -0.15) is 0 Å². The molecule has 6 nitrogen and oxygen atoms in total. The number of nitro groups is 1. The van der Waals surface area contributed by atoms with Crippen LogP contribution in [0.4, 0.5) is 5.69 Å². The molecule has 1 aromatic heterocycles. The summed E-state index contributed by atoms with van der Waals surface area (Å²) in [6.45, 7) is 2.29. The lowest BCUT2D eigenvalue weighted by molar-refractivity contribution is -0.384. The summed E-state index contributed by atoms with van der Waals surface area (Å²) in [6.07, 6.45) is 0.596. The maximum Gasteiger partial charge on any atom is 0.269 e. The summed E-state index contributed by atoms with van der Waals surface area (Å²) in [6, 6.07) is 15.7. The van der Waals surface area contributed by atoms with E-state index in [0.29, 0.717) is 24.7 Å². The summed E-state index contributed by atoms with van der Waals surface area (Å²) in [4.78, 5) is 14.7. The Balaban J connectivity index is 1.61. The summed E-state index contributed by atoms with van der Waals surface area (Å²) < 4.78 is 11.3. The highest BCUT2D eigenvalue weighted by Crippen LogP contribution is 2.22. The Morgan fingerprint density at radius 1 is 1.12 bits per heavy atom. The lowest BCUT2D eigenvalue weighted by atomic mass is 10.2. The van der Waals surface area contributed by atoms with E-state index in [1.165, 1.54) is 12.1 Å². The first-order valence-corrected chi connectivity index (χ1v) is 7.52. The monoisotopic (exact) mass is 324 g/mol. The summed E-state index contributed by atoms with van der Waals surface area (Å²) in [5.74, 6) is 1.95. The highest BCUT2D eigenvalue weighted by atomic mass is 16.6. The van der Waals surface area contributed by atoms with Crippen molar-refractivity contribution < 1.29 is 14.1 Å². The van der Waals surface area contributed by atoms with Crippen LogP contribution in [0.3, 0.4) is 0 Å². The second-order valence-corrected chi connectivity index (χ2v) is 5.24. The van der Waals surface area contributed by atoms with Gasteiger partial charge in [-0.25, -0.2) is 4.98 Å². The standard InChI is InChI=1S/C18H16N2O4/c1-13-17(19-18(24-13)14-5-3-2-4-6-14)11-12-23-16-9-7-15(8-10-16)20(21)22/h2-10H,11-12H2,1H3. The maximum absolute atomic E-state index is 10.6. The SMILES string of the molecule is Cc1oc(-c2ccccc2)nc1CCOc1ccc([N+](=O)[O-])cc1. The molecule has 2 aromatic carbocycles. The van der Waals surface area contributed by atoms with Crippen LogP contribution in [0.25, 0.3) is 11.5 Å². The zero-order chi connectivity index (χ0) is 16.9. The van der Waals surface area contributed by atoms with Gasteiger partial charge >= 0.3 is 0 Å². The van der Waals surface area contributed by atoms with Crippen molar-refractivity contribution in [1.29, 1.82) is 0 Å². The molecule has 0 radical (unpaired) electrons. The lowest BCUT2D eigenvalue weighted by Crippen LogP contribution is -2.02. The zero-order valence-corrected chi connectivity index (χ0v) is 13.1. The highest BCUT2D eigenvalue weighted by Gasteiger charge is 2.11. The van der Waals surface area contributed by atoms with Crippen molar-refractivity contribution in [1.82, 2.24) is 4.98 Å². The van der Waals surface area contributed by atoms with Crippen LogP contribution in [0, 0.1) is 17.0 Å². The van der Waals surface area contributed by atoms with Crippen molar-refractivity contribution in [3.63, 3.8) is 0 Å². The summed E-state index contributed by atoms with van der Waals surface area (Å²) >= 11 is 0.